The number of aliphatic hydroxyl groups excluding tert-OH is 1. The number of rotatable bonds is 5. The zero-order valence-corrected chi connectivity index (χ0v) is 8.95. The second kappa shape index (κ2) is 5.75. The van der Waals surface area contributed by atoms with Gasteiger partial charge in [-0.3, -0.25) is 4.79 Å². The van der Waals surface area contributed by atoms with E-state index in [2.05, 4.69) is 5.32 Å². The highest BCUT2D eigenvalue weighted by Gasteiger charge is 2.16. The molecule has 0 bridgehead atoms. The van der Waals surface area contributed by atoms with Crippen molar-refractivity contribution in [3.05, 3.63) is 23.1 Å². The maximum absolute atomic E-state index is 11.5. The number of carbonyl (C=O) groups is 1. The first-order valence-corrected chi connectivity index (χ1v) is 4.70. The molecule has 0 aliphatic rings. The smallest absolute Gasteiger partial charge is 0.256 e. The molecule has 1 aromatic heterocycles. The molecule has 1 rings (SSSR count). The van der Waals surface area contributed by atoms with Crippen LogP contribution in [-0.2, 0) is 4.74 Å². The van der Waals surface area contributed by atoms with Gasteiger partial charge in [0.05, 0.1) is 31.1 Å². The van der Waals surface area contributed by atoms with Gasteiger partial charge in [-0.25, -0.2) is 0 Å². The monoisotopic (exact) mass is 233 g/mol. The van der Waals surface area contributed by atoms with Crippen molar-refractivity contribution >= 4 is 17.5 Å². The van der Waals surface area contributed by atoms with Crippen LogP contribution in [-0.4, -0.2) is 37.4 Å². The molecule has 1 heterocycles. The van der Waals surface area contributed by atoms with E-state index in [1.54, 1.807) is 0 Å². The normalized spacial score (nSPS) is 12.5. The van der Waals surface area contributed by atoms with Crippen LogP contribution in [0.15, 0.2) is 16.7 Å². The van der Waals surface area contributed by atoms with Crippen LogP contribution in [0.1, 0.15) is 10.4 Å². The average molecular weight is 234 g/mol. The highest BCUT2D eigenvalue weighted by Crippen LogP contribution is 2.16. The van der Waals surface area contributed by atoms with Crippen molar-refractivity contribution in [2.24, 2.45) is 0 Å². The lowest BCUT2D eigenvalue weighted by Crippen LogP contribution is -2.40. The number of furan rings is 1. The van der Waals surface area contributed by atoms with Crippen LogP contribution in [0.4, 0.5) is 0 Å². The lowest BCUT2D eigenvalue weighted by molar-refractivity contribution is 0.0839. The number of hydrogen-bond donors (Lipinski definition) is 2. The van der Waals surface area contributed by atoms with Crippen LogP contribution in [0.3, 0.4) is 0 Å². The van der Waals surface area contributed by atoms with Crippen LogP contribution in [0.2, 0.25) is 5.22 Å². The summed E-state index contributed by atoms with van der Waals surface area (Å²) < 4.78 is 9.58. The van der Waals surface area contributed by atoms with Crippen molar-refractivity contribution in [1.29, 1.82) is 0 Å². The quantitative estimate of drug-likeness (QED) is 0.784. The van der Waals surface area contributed by atoms with Crippen LogP contribution < -0.4 is 5.32 Å². The first kappa shape index (κ1) is 12.0. The summed E-state index contributed by atoms with van der Waals surface area (Å²) in [5.74, 6) is -0.398. The van der Waals surface area contributed by atoms with Gasteiger partial charge in [-0.15, -0.1) is 0 Å². The van der Waals surface area contributed by atoms with Crippen molar-refractivity contribution in [2.75, 3.05) is 20.3 Å². The zero-order valence-electron chi connectivity index (χ0n) is 8.20. The van der Waals surface area contributed by atoms with Gasteiger partial charge in [-0.1, -0.05) is 0 Å². The lowest BCUT2D eigenvalue weighted by Gasteiger charge is -2.14. The number of amides is 1. The van der Waals surface area contributed by atoms with Gasteiger partial charge >= 0.3 is 0 Å². The number of ether oxygens (including phenoxy) is 1. The zero-order chi connectivity index (χ0) is 11.3. The first-order valence-electron chi connectivity index (χ1n) is 4.32. The Bertz CT molecular complexity index is 326. The molecule has 1 aromatic rings. The molecule has 5 nitrogen and oxygen atoms in total. The largest absolute Gasteiger partial charge is 0.452 e. The molecule has 0 fully saturated rings. The van der Waals surface area contributed by atoms with E-state index in [1.165, 1.54) is 19.4 Å². The fourth-order valence-electron chi connectivity index (χ4n) is 1.06. The number of halogens is 1. The van der Waals surface area contributed by atoms with Gasteiger partial charge in [0, 0.05) is 7.11 Å². The Morgan fingerprint density at radius 1 is 1.80 bits per heavy atom. The van der Waals surface area contributed by atoms with Gasteiger partial charge in [0.15, 0.2) is 0 Å². The second-order valence-electron chi connectivity index (χ2n) is 2.92. The molecule has 0 aromatic carbocycles. The van der Waals surface area contributed by atoms with E-state index in [0.717, 1.165) is 0 Å². The highest BCUT2D eigenvalue weighted by molar-refractivity contribution is 6.32. The number of nitrogens with one attached hydrogen (secondary N) is 1. The molecule has 1 atom stereocenters. The maximum atomic E-state index is 11.5. The average Bonchev–Trinajstić information content (AvgIpc) is 2.63. The minimum Gasteiger partial charge on any atom is -0.452 e. The summed E-state index contributed by atoms with van der Waals surface area (Å²) in [6.07, 6.45) is 1.32. The molecule has 6 heteroatoms. The fraction of sp³-hybridized carbons (Fsp3) is 0.444. The van der Waals surface area contributed by atoms with E-state index in [4.69, 9.17) is 25.9 Å². The Hall–Kier alpha value is -1.04. The van der Waals surface area contributed by atoms with Gasteiger partial charge in [-0.05, 0) is 17.7 Å². The molecular formula is C9H12ClNO4. The van der Waals surface area contributed by atoms with Crippen molar-refractivity contribution in [2.45, 2.75) is 6.04 Å². The predicted octanol–water partition coefficient (Wildman–Crippen LogP) is 0.670. The molecule has 2 N–H and O–H groups in total. The third-order valence-corrected chi connectivity index (χ3v) is 2.08. The van der Waals surface area contributed by atoms with Crippen molar-refractivity contribution in [1.82, 2.24) is 5.32 Å². The minimum atomic E-state index is -0.450. The van der Waals surface area contributed by atoms with E-state index in [-0.39, 0.29) is 24.0 Å². The summed E-state index contributed by atoms with van der Waals surface area (Å²) >= 11 is 5.62. The first-order chi connectivity index (χ1) is 7.19. The fourth-order valence-corrected chi connectivity index (χ4v) is 1.26. The second-order valence-corrected chi connectivity index (χ2v) is 3.26. The summed E-state index contributed by atoms with van der Waals surface area (Å²) in [4.78, 5) is 11.5. The van der Waals surface area contributed by atoms with Crippen molar-refractivity contribution in [3.63, 3.8) is 0 Å². The molecule has 0 saturated carbocycles. The van der Waals surface area contributed by atoms with E-state index in [0.29, 0.717) is 0 Å². The molecule has 15 heavy (non-hydrogen) atoms. The molecular weight excluding hydrogens is 222 g/mol. The van der Waals surface area contributed by atoms with Crippen molar-refractivity contribution < 1.29 is 19.1 Å². The number of methoxy groups -OCH3 is 1. The van der Waals surface area contributed by atoms with Crippen LogP contribution in [0.25, 0.3) is 0 Å². The molecule has 1 amide bonds. The van der Waals surface area contributed by atoms with Gasteiger partial charge < -0.3 is 19.6 Å². The Morgan fingerprint density at radius 3 is 3.00 bits per heavy atom. The van der Waals surface area contributed by atoms with Crippen LogP contribution >= 0.6 is 11.6 Å². The summed E-state index contributed by atoms with van der Waals surface area (Å²) in [5.41, 5.74) is 0.242. The van der Waals surface area contributed by atoms with Crippen LogP contribution in [0.5, 0.6) is 0 Å². The third-order valence-electron chi connectivity index (χ3n) is 1.79. The maximum Gasteiger partial charge on any atom is 0.256 e. The Labute approximate surface area is 92.0 Å². The standard InChI is InChI=1S/C9H12ClNO4/c1-14-5-6(4-12)11-9(13)7-2-3-15-8(7)10/h2-3,6,12H,4-5H2,1H3,(H,11,13). The third kappa shape index (κ3) is 3.23. The van der Waals surface area contributed by atoms with Gasteiger partial charge in [0.1, 0.15) is 0 Å². The minimum absolute atomic E-state index is 0.0293. The van der Waals surface area contributed by atoms with E-state index in [1.807, 2.05) is 0 Å². The Kier molecular flexibility index (Phi) is 4.61. The SMILES string of the molecule is COCC(CO)NC(=O)c1ccoc1Cl. The topological polar surface area (TPSA) is 71.7 Å². The molecule has 0 aliphatic heterocycles. The Morgan fingerprint density at radius 2 is 2.53 bits per heavy atom. The van der Waals surface area contributed by atoms with E-state index < -0.39 is 11.9 Å². The molecule has 0 spiro atoms. The molecule has 1 unspecified atom stereocenters. The van der Waals surface area contributed by atoms with E-state index >= 15 is 0 Å². The molecule has 84 valence electrons. The number of hydrogen-bond acceptors (Lipinski definition) is 4. The molecule has 0 radical (unpaired) electrons. The number of aliphatic hydroxyl groups is 1. The summed E-state index contributed by atoms with van der Waals surface area (Å²) in [6, 6.07) is 1.01. The predicted molar refractivity (Wildman–Crippen MR) is 53.9 cm³/mol. The summed E-state index contributed by atoms with van der Waals surface area (Å²) in [6.45, 7) is 0.0345. The highest BCUT2D eigenvalue weighted by atomic mass is 35.5. The van der Waals surface area contributed by atoms with Gasteiger partial charge in [0.25, 0.3) is 5.91 Å². The van der Waals surface area contributed by atoms with Gasteiger partial charge in [0.2, 0.25) is 5.22 Å². The number of carbonyl (C=O) groups excluding carboxylic acids is 1. The Balaban J connectivity index is 2.58. The van der Waals surface area contributed by atoms with Crippen molar-refractivity contribution in [3.8, 4) is 0 Å². The molecule has 0 saturated heterocycles. The van der Waals surface area contributed by atoms with Gasteiger partial charge in [-0.2, -0.15) is 0 Å². The summed E-state index contributed by atoms with van der Waals surface area (Å²) in [7, 11) is 1.49. The van der Waals surface area contributed by atoms with E-state index in [9.17, 15) is 4.79 Å². The summed E-state index contributed by atoms with van der Waals surface area (Å²) in [5, 5.41) is 11.5. The van der Waals surface area contributed by atoms with Crippen LogP contribution in [0, 0.1) is 0 Å². The molecule has 0 aliphatic carbocycles. The lowest BCUT2D eigenvalue weighted by atomic mass is 10.2.